The third-order valence-electron chi connectivity index (χ3n) is 2.06. The van der Waals surface area contributed by atoms with Crippen LogP contribution in [-0.4, -0.2) is 54.0 Å². The highest BCUT2D eigenvalue weighted by Gasteiger charge is 2.33. The van der Waals surface area contributed by atoms with Crippen molar-refractivity contribution >= 4 is 10.0 Å². The predicted molar refractivity (Wildman–Crippen MR) is 47.7 cm³/mol. The summed E-state index contributed by atoms with van der Waals surface area (Å²) in [5, 5.41) is 18.2. The molecular weight excluding hydrogens is 194 g/mol. The summed E-state index contributed by atoms with van der Waals surface area (Å²) in [5.41, 5.74) is -1.34. The fraction of sp³-hybridized carbons (Fsp3) is 1.00. The molecule has 5 nitrogen and oxygen atoms in total. The van der Waals surface area contributed by atoms with Crippen LogP contribution in [0.5, 0.6) is 0 Å². The number of β-amino-alcohol motifs (C(OH)–C–C–N with tert-alkyl or cyclic N) is 1. The van der Waals surface area contributed by atoms with E-state index in [9.17, 15) is 13.5 Å². The van der Waals surface area contributed by atoms with Gasteiger partial charge in [-0.25, -0.2) is 8.42 Å². The van der Waals surface area contributed by atoms with Crippen LogP contribution in [0.2, 0.25) is 0 Å². The van der Waals surface area contributed by atoms with Gasteiger partial charge < -0.3 is 10.2 Å². The van der Waals surface area contributed by atoms with Crippen molar-refractivity contribution in [1.82, 2.24) is 4.31 Å². The average molecular weight is 209 g/mol. The third-order valence-corrected chi connectivity index (χ3v) is 3.96. The minimum Gasteiger partial charge on any atom is -0.393 e. The lowest BCUT2D eigenvalue weighted by Gasteiger charge is -2.25. The fourth-order valence-electron chi connectivity index (χ4n) is 1.30. The minimum atomic E-state index is -3.17. The highest BCUT2D eigenvalue weighted by Crippen LogP contribution is 2.16. The molecule has 2 N–H and O–H groups in total. The smallest absolute Gasteiger partial charge is 0.214 e. The number of hydrogen-bond donors (Lipinski definition) is 2. The summed E-state index contributed by atoms with van der Waals surface area (Å²) < 4.78 is 23.8. The van der Waals surface area contributed by atoms with Crippen molar-refractivity contribution in [2.45, 2.75) is 18.9 Å². The maximum atomic E-state index is 11.3. The Morgan fingerprint density at radius 1 is 1.54 bits per heavy atom. The summed E-state index contributed by atoms with van der Waals surface area (Å²) in [4.78, 5) is 0. The molecule has 6 heteroatoms. The number of aliphatic hydroxyl groups is 2. The van der Waals surface area contributed by atoms with Gasteiger partial charge in [0, 0.05) is 13.1 Å². The van der Waals surface area contributed by atoms with Gasteiger partial charge in [-0.1, -0.05) is 0 Å². The molecule has 0 radical (unpaired) electrons. The van der Waals surface area contributed by atoms with E-state index in [-0.39, 0.29) is 12.3 Å². The number of hydrogen-bond acceptors (Lipinski definition) is 4. The van der Waals surface area contributed by atoms with E-state index in [1.54, 1.807) is 0 Å². The molecule has 0 aromatic rings. The van der Waals surface area contributed by atoms with Crippen LogP contribution in [0.1, 0.15) is 13.3 Å². The fourth-order valence-corrected chi connectivity index (χ4v) is 2.93. The Hall–Kier alpha value is -0.170. The van der Waals surface area contributed by atoms with E-state index in [2.05, 4.69) is 0 Å². The molecule has 1 rings (SSSR count). The molecule has 0 bridgehead atoms. The summed E-state index contributed by atoms with van der Waals surface area (Å²) in [6, 6.07) is 0. The minimum absolute atomic E-state index is 0.0220. The van der Waals surface area contributed by atoms with E-state index >= 15 is 0 Å². The van der Waals surface area contributed by atoms with Crippen LogP contribution in [0.15, 0.2) is 0 Å². The van der Waals surface area contributed by atoms with Crippen LogP contribution in [0.3, 0.4) is 0 Å². The molecule has 0 amide bonds. The topological polar surface area (TPSA) is 77.8 Å². The highest BCUT2D eigenvalue weighted by molar-refractivity contribution is 7.89. The van der Waals surface area contributed by atoms with Gasteiger partial charge in [0.2, 0.25) is 10.0 Å². The van der Waals surface area contributed by atoms with Gasteiger partial charge in [0.05, 0.1) is 18.0 Å². The van der Waals surface area contributed by atoms with Crippen LogP contribution < -0.4 is 0 Å². The van der Waals surface area contributed by atoms with E-state index < -0.39 is 22.2 Å². The largest absolute Gasteiger partial charge is 0.393 e. The summed E-state index contributed by atoms with van der Waals surface area (Å²) >= 11 is 0. The Kier molecular flexibility index (Phi) is 2.96. The second kappa shape index (κ2) is 3.53. The van der Waals surface area contributed by atoms with E-state index in [1.165, 1.54) is 11.2 Å². The molecule has 1 aliphatic rings. The van der Waals surface area contributed by atoms with Gasteiger partial charge in [0.1, 0.15) is 0 Å². The maximum absolute atomic E-state index is 11.3. The average Bonchev–Trinajstić information content (AvgIpc) is 2.31. The first-order valence-corrected chi connectivity index (χ1v) is 5.79. The van der Waals surface area contributed by atoms with Crippen molar-refractivity contribution in [2.75, 3.05) is 25.4 Å². The van der Waals surface area contributed by atoms with Gasteiger partial charge in [0.15, 0.2) is 0 Å². The van der Waals surface area contributed by atoms with Gasteiger partial charge in [-0.2, -0.15) is 4.31 Å². The predicted octanol–water partition coefficient (Wildman–Crippen LogP) is -1.23. The van der Waals surface area contributed by atoms with Crippen LogP contribution in [0.4, 0.5) is 0 Å². The first kappa shape index (κ1) is 10.9. The lowest BCUT2D eigenvalue weighted by Crippen LogP contribution is -2.44. The van der Waals surface area contributed by atoms with Crippen LogP contribution in [-0.2, 0) is 10.0 Å². The molecule has 13 heavy (non-hydrogen) atoms. The van der Waals surface area contributed by atoms with Gasteiger partial charge in [-0.05, 0) is 13.3 Å². The van der Waals surface area contributed by atoms with Crippen molar-refractivity contribution in [3.63, 3.8) is 0 Å². The van der Waals surface area contributed by atoms with Crippen LogP contribution >= 0.6 is 0 Å². The van der Waals surface area contributed by atoms with Crippen LogP contribution in [0, 0.1) is 0 Å². The van der Waals surface area contributed by atoms with Crippen molar-refractivity contribution in [3.05, 3.63) is 0 Å². The maximum Gasteiger partial charge on any atom is 0.214 e. The van der Waals surface area contributed by atoms with E-state index in [0.29, 0.717) is 13.0 Å². The molecule has 1 unspecified atom stereocenters. The summed E-state index contributed by atoms with van der Waals surface area (Å²) in [6.07, 6.45) is 0.601. The van der Waals surface area contributed by atoms with Crippen molar-refractivity contribution < 1.29 is 18.6 Å². The standard InChI is InChI=1S/C7H15NO4S/c1-7(10,6-9)5-8-3-2-4-13(8,11)12/h9-10H,2-6H2,1H3. The number of aliphatic hydroxyl groups excluding tert-OH is 1. The normalized spacial score (nSPS) is 27.3. The van der Waals surface area contributed by atoms with Crippen molar-refractivity contribution in [1.29, 1.82) is 0 Å². The molecule has 0 spiro atoms. The quantitative estimate of drug-likeness (QED) is 0.610. The molecule has 1 saturated heterocycles. The second-order valence-corrected chi connectivity index (χ2v) is 5.75. The number of nitrogens with zero attached hydrogens (tertiary/aromatic N) is 1. The zero-order chi connectivity index (χ0) is 10.1. The highest BCUT2D eigenvalue weighted by atomic mass is 32.2. The zero-order valence-electron chi connectivity index (χ0n) is 7.60. The third kappa shape index (κ3) is 2.63. The van der Waals surface area contributed by atoms with E-state index in [1.807, 2.05) is 0 Å². The van der Waals surface area contributed by atoms with Crippen molar-refractivity contribution in [2.24, 2.45) is 0 Å². The van der Waals surface area contributed by atoms with Crippen molar-refractivity contribution in [3.8, 4) is 0 Å². The first-order valence-electron chi connectivity index (χ1n) is 4.18. The zero-order valence-corrected chi connectivity index (χ0v) is 8.42. The monoisotopic (exact) mass is 209 g/mol. The summed E-state index contributed by atoms with van der Waals surface area (Å²) in [7, 11) is -3.17. The summed E-state index contributed by atoms with van der Waals surface area (Å²) in [5.74, 6) is 0.147. The molecule has 0 saturated carbocycles. The second-order valence-electron chi connectivity index (χ2n) is 3.66. The summed E-state index contributed by atoms with van der Waals surface area (Å²) in [6.45, 7) is 1.41. The molecule has 0 aliphatic carbocycles. The van der Waals surface area contributed by atoms with Gasteiger partial charge in [-0.15, -0.1) is 0 Å². The Morgan fingerprint density at radius 2 is 2.15 bits per heavy atom. The lowest BCUT2D eigenvalue weighted by molar-refractivity contribution is -0.00994. The van der Waals surface area contributed by atoms with E-state index in [0.717, 1.165) is 0 Å². The Morgan fingerprint density at radius 3 is 2.54 bits per heavy atom. The van der Waals surface area contributed by atoms with Gasteiger partial charge in [-0.3, -0.25) is 0 Å². The van der Waals surface area contributed by atoms with Gasteiger partial charge >= 0.3 is 0 Å². The molecule has 1 atom stereocenters. The number of sulfonamides is 1. The molecule has 1 heterocycles. The molecule has 1 fully saturated rings. The first-order chi connectivity index (χ1) is 5.87. The Bertz CT molecular complexity index is 272. The molecule has 1 aliphatic heterocycles. The van der Waals surface area contributed by atoms with Gasteiger partial charge in [0.25, 0.3) is 0 Å². The molecular formula is C7H15NO4S. The lowest BCUT2D eigenvalue weighted by atomic mass is 10.1. The van der Waals surface area contributed by atoms with Crippen LogP contribution in [0.25, 0.3) is 0 Å². The Balaban J connectivity index is 2.65. The SMILES string of the molecule is CC(O)(CO)CN1CCCS1(=O)=O. The van der Waals surface area contributed by atoms with E-state index in [4.69, 9.17) is 5.11 Å². The molecule has 0 aromatic carbocycles. The molecule has 0 aromatic heterocycles. The Labute approximate surface area is 78.0 Å². The number of rotatable bonds is 3. The molecule has 78 valence electrons.